The van der Waals surface area contributed by atoms with Gasteiger partial charge in [0.25, 0.3) is 0 Å². The van der Waals surface area contributed by atoms with Crippen LogP contribution in [0.25, 0.3) is 10.2 Å². The summed E-state index contributed by atoms with van der Waals surface area (Å²) < 4.78 is 7.33. The van der Waals surface area contributed by atoms with Crippen LogP contribution in [-0.2, 0) is 9.59 Å². The van der Waals surface area contributed by atoms with Gasteiger partial charge in [-0.3, -0.25) is 9.59 Å². The van der Waals surface area contributed by atoms with Crippen molar-refractivity contribution in [3.05, 3.63) is 48.0 Å². The molecule has 1 fully saturated rings. The Bertz CT molecular complexity index is 1030. The molecule has 2 heterocycles. The maximum absolute atomic E-state index is 12.9. The number of hydrogen-bond donors (Lipinski definition) is 0. The smallest absolute Gasteiger partial charge is 0.247 e. The second-order valence-corrected chi connectivity index (χ2v) is 8.69. The monoisotopic (exact) mass is 398 g/mol. The van der Waals surface area contributed by atoms with E-state index in [-0.39, 0.29) is 18.2 Å². The summed E-state index contributed by atoms with van der Waals surface area (Å²) in [4.78, 5) is 31.3. The van der Waals surface area contributed by atoms with Crippen LogP contribution in [0.5, 0.6) is 5.75 Å². The normalized spacial score (nSPS) is 17.1. The lowest BCUT2D eigenvalue weighted by Gasteiger charge is -2.16. The molecule has 5 nitrogen and oxygen atoms in total. The van der Waals surface area contributed by atoms with Gasteiger partial charge in [0.05, 0.1) is 22.5 Å². The molecular formula is C20H18N2O3S2. The highest BCUT2D eigenvalue weighted by Crippen LogP contribution is 2.38. The summed E-state index contributed by atoms with van der Waals surface area (Å²) in [5, 5.41) is -0.441. The molecule has 3 aromatic rings. The van der Waals surface area contributed by atoms with Gasteiger partial charge in [0, 0.05) is 6.42 Å². The van der Waals surface area contributed by atoms with Gasteiger partial charge in [0.1, 0.15) is 11.0 Å². The van der Waals surface area contributed by atoms with Crippen LogP contribution in [0, 0.1) is 6.92 Å². The van der Waals surface area contributed by atoms with E-state index in [1.807, 2.05) is 56.3 Å². The highest BCUT2D eigenvalue weighted by atomic mass is 32.2. The summed E-state index contributed by atoms with van der Waals surface area (Å²) in [5.74, 6) is 0.475. The number of hydrogen-bond acceptors (Lipinski definition) is 6. The Morgan fingerprint density at radius 1 is 1.26 bits per heavy atom. The highest BCUT2D eigenvalue weighted by Gasteiger charge is 2.41. The Morgan fingerprint density at radius 3 is 2.85 bits per heavy atom. The first-order chi connectivity index (χ1) is 13.1. The molecule has 1 saturated heterocycles. The fourth-order valence-electron chi connectivity index (χ4n) is 3.08. The van der Waals surface area contributed by atoms with Crippen molar-refractivity contribution < 1.29 is 14.3 Å². The summed E-state index contributed by atoms with van der Waals surface area (Å²) in [7, 11) is 0. The van der Waals surface area contributed by atoms with Crippen LogP contribution < -0.4 is 9.64 Å². The maximum Gasteiger partial charge on any atom is 0.247 e. The molecule has 0 saturated carbocycles. The van der Waals surface area contributed by atoms with E-state index < -0.39 is 5.25 Å². The molecule has 1 aliphatic heterocycles. The molecule has 138 valence electrons. The fourth-order valence-corrected chi connectivity index (χ4v) is 5.44. The van der Waals surface area contributed by atoms with Crippen molar-refractivity contribution in [3.63, 3.8) is 0 Å². The first-order valence-corrected chi connectivity index (χ1v) is 10.4. The van der Waals surface area contributed by atoms with E-state index in [1.165, 1.54) is 28.0 Å². The summed E-state index contributed by atoms with van der Waals surface area (Å²) in [5.41, 5.74) is 2.45. The molecule has 0 radical (unpaired) electrons. The van der Waals surface area contributed by atoms with Crippen LogP contribution in [0.2, 0.25) is 0 Å². The van der Waals surface area contributed by atoms with E-state index in [2.05, 4.69) is 4.98 Å². The number of para-hydroxylation sites is 1. The maximum atomic E-state index is 12.9. The zero-order valence-corrected chi connectivity index (χ0v) is 16.6. The zero-order valence-electron chi connectivity index (χ0n) is 15.0. The summed E-state index contributed by atoms with van der Waals surface area (Å²) >= 11 is 2.88. The molecule has 2 amide bonds. The van der Waals surface area contributed by atoms with Gasteiger partial charge in [-0.15, -0.1) is 11.3 Å². The second-order valence-electron chi connectivity index (χ2n) is 6.21. The van der Waals surface area contributed by atoms with Gasteiger partial charge in [0.2, 0.25) is 11.8 Å². The lowest BCUT2D eigenvalue weighted by molar-refractivity contribution is -0.121. The third-order valence-electron chi connectivity index (χ3n) is 4.36. The van der Waals surface area contributed by atoms with Gasteiger partial charge in [-0.25, -0.2) is 9.88 Å². The minimum absolute atomic E-state index is 0.161. The predicted molar refractivity (Wildman–Crippen MR) is 109 cm³/mol. The number of carbonyl (C=O) groups is 2. The van der Waals surface area contributed by atoms with Crippen LogP contribution >= 0.6 is 23.1 Å². The van der Waals surface area contributed by atoms with Crippen molar-refractivity contribution in [1.29, 1.82) is 0 Å². The largest absolute Gasteiger partial charge is 0.494 e. The number of anilines is 1. The molecule has 1 aromatic heterocycles. The van der Waals surface area contributed by atoms with Gasteiger partial charge in [-0.2, -0.15) is 0 Å². The molecule has 1 aliphatic rings. The molecule has 1 unspecified atom stereocenters. The van der Waals surface area contributed by atoms with Crippen molar-refractivity contribution in [2.24, 2.45) is 0 Å². The quantitative estimate of drug-likeness (QED) is 0.595. The number of carbonyl (C=O) groups excluding carboxylic acids is 2. The summed E-state index contributed by atoms with van der Waals surface area (Å²) in [6.45, 7) is 4.46. The Kier molecular flexibility index (Phi) is 4.88. The van der Waals surface area contributed by atoms with E-state index in [0.717, 1.165) is 25.9 Å². The SMILES string of the molecule is CCOc1ccc2nc(SC3CC(=O)N(c4ccccc4C)C3=O)sc2c1. The number of amides is 2. The molecule has 7 heteroatoms. The van der Waals surface area contributed by atoms with E-state index in [0.29, 0.717) is 12.3 Å². The fraction of sp³-hybridized carbons (Fsp3) is 0.250. The Hall–Kier alpha value is -2.38. The third-order valence-corrected chi connectivity index (χ3v) is 6.65. The van der Waals surface area contributed by atoms with Crippen molar-refractivity contribution in [2.75, 3.05) is 11.5 Å². The van der Waals surface area contributed by atoms with Gasteiger partial charge in [-0.05, 0) is 43.7 Å². The topological polar surface area (TPSA) is 59.5 Å². The van der Waals surface area contributed by atoms with Crippen LogP contribution in [0.15, 0.2) is 46.8 Å². The first kappa shape index (κ1) is 18.0. The molecule has 0 aliphatic carbocycles. The van der Waals surface area contributed by atoms with E-state index in [9.17, 15) is 9.59 Å². The molecule has 1 atom stereocenters. The number of imide groups is 1. The number of thiazole rings is 1. The van der Waals surface area contributed by atoms with Crippen molar-refractivity contribution >= 4 is 50.8 Å². The number of ether oxygens (including phenoxy) is 1. The number of rotatable bonds is 5. The Labute approximate surface area is 165 Å². The number of aryl methyl sites for hydroxylation is 1. The van der Waals surface area contributed by atoms with Crippen molar-refractivity contribution in [3.8, 4) is 5.75 Å². The van der Waals surface area contributed by atoms with E-state index in [4.69, 9.17) is 4.74 Å². The van der Waals surface area contributed by atoms with Crippen molar-refractivity contribution in [2.45, 2.75) is 29.9 Å². The minimum atomic E-state index is -0.441. The highest BCUT2D eigenvalue weighted by molar-refractivity contribution is 8.02. The molecule has 0 bridgehead atoms. The number of aromatic nitrogens is 1. The standard InChI is InChI=1S/C20H18N2O3S2/c1-3-25-13-8-9-14-16(10-13)26-20(21-14)27-17-11-18(23)22(19(17)24)15-7-5-4-6-12(15)2/h4-10,17H,3,11H2,1-2H3. The van der Waals surface area contributed by atoms with Gasteiger partial charge in [0.15, 0.2) is 4.34 Å². The predicted octanol–water partition coefficient (Wildman–Crippen LogP) is 4.43. The molecule has 4 rings (SSSR count). The third kappa shape index (κ3) is 3.44. The zero-order chi connectivity index (χ0) is 19.0. The average Bonchev–Trinajstić information content (AvgIpc) is 3.16. The van der Waals surface area contributed by atoms with Crippen LogP contribution in [0.4, 0.5) is 5.69 Å². The lowest BCUT2D eigenvalue weighted by Crippen LogP contribution is -2.31. The van der Waals surface area contributed by atoms with Gasteiger partial charge >= 0.3 is 0 Å². The molecule has 0 N–H and O–H groups in total. The van der Waals surface area contributed by atoms with Crippen LogP contribution in [-0.4, -0.2) is 28.7 Å². The number of thioether (sulfide) groups is 1. The summed E-state index contributed by atoms with van der Waals surface area (Å²) in [6.07, 6.45) is 0.192. The Balaban J connectivity index is 1.56. The lowest BCUT2D eigenvalue weighted by atomic mass is 10.2. The number of benzene rings is 2. The van der Waals surface area contributed by atoms with E-state index >= 15 is 0 Å². The molecule has 2 aromatic carbocycles. The van der Waals surface area contributed by atoms with E-state index in [1.54, 1.807) is 0 Å². The van der Waals surface area contributed by atoms with Gasteiger partial charge < -0.3 is 4.74 Å². The molecular weight excluding hydrogens is 380 g/mol. The number of fused-ring (bicyclic) bond motifs is 1. The first-order valence-electron chi connectivity index (χ1n) is 8.69. The average molecular weight is 399 g/mol. The van der Waals surface area contributed by atoms with Crippen LogP contribution in [0.1, 0.15) is 18.9 Å². The molecule has 27 heavy (non-hydrogen) atoms. The van der Waals surface area contributed by atoms with Crippen molar-refractivity contribution in [1.82, 2.24) is 4.98 Å². The second kappa shape index (κ2) is 7.32. The van der Waals surface area contributed by atoms with Crippen LogP contribution in [0.3, 0.4) is 0 Å². The van der Waals surface area contributed by atoms with Gasteiger partial charge in [-0.1, -0.05) is 30.0 Å². The summed E-state index contributed by atoms with van der Waals surface area (Å²) in [6, 6.07) is 13.2. The Morgan fingerprint density at radius 2 is 2.07 bits per heavy atom. The minimum Gasteiger partial charge on any atom is -0.494 e. The number of nitrogens with zero attached hydrogens (tertiary/aromatic N) is 2. The molecule has 0 spiro atoms.